The number of amides is 1. The molecular weight excluding hydrogens is 374 g/mol. The molecule has 0 atom stereocenters. The Bertz CT molecular complexity index is 1320. The zero-order chi connectivity index (χ0) is 20.5. The summed E-state index contributed by atoms with van der Waals surface area (Å²) in [4.78, 5) is 40.9. The number of carbonyl (C=O) groups excluding carboxylic acids is 2. The second-order valence-corrected chi connectivity index (χ2v) is 6.49. The summed E-state index contributed by atoms with van der Waals surface area (Å²) < 4.78 is 11.5. The number of nitrogens with zero attached hydrogens (tertiary/aromatic N) is 2. The van der Waals surface area contributed by atoms with E-state index in [0.29, 0.717) is 27.7 Å². The number of esters is 1. The number of benzene rings is 1. The predicted octanol–water partition coefficient (Wildman–Crippen LogP) is 3.00. The number of hydrogen-bond acceptors (Lipinski definition) is 6. The number of aromatic nitrogens is 2. The molecule has 0 spiro atoms. The highest BCUT2D eigenvalue weighted by Gasteiger charge is 2.17. The number of methoxy groups -OCH3 is 1. The fourth-order valence-corrected chi connectivity index (χ4v) is 3.16. The van der Waals surface area contributed by atoms with Crippen molar-refractivity contribution in [3.05, 3.63) is 76.2 Å². The number of carbonyl (C=O) groups is 2. The Kier molecular flexibility index (Phi) is 4.59. The van der Waals surface area contributed by atoms with Gasteiger partial charge in [0.25, 0.3) is 5.56 Å². The molecule has 0 bridgehead atoms. The monoisotopic (exact) mass is 391 g/mol. The Morgan fingerprint density at radius 1 is 1.21 bits per heavy atom. The molecule has 1 aromatic carbocycles. The van der Waals surface area contributed by atoms with Crippen molar-refractivity contribution in [3.8, 4) is 0 Å². The predicted molar refractivity (Wildman–Crippen MR) is 106 cm³/mol. The third-order valence-electron chi connectivity index (χ3n) is 4.70. The second-order valence-electron chi connectivity index (χ2n) is 6.49. The minimum absolute atomic E-state index is 0.0467. The summed E-state index contributed by atoms with van der Waals surface area (Å²) in [6.07, 6.45) is 4.42. The van der Waals surface area contributed by atoms with Crippen molar-refractivity contribution in [2.75, 3.05) is 7.11 Å². The SMILES string of the molecule is COC(=O)c1ccc(C)c2cc(CNC(=O)n3ccc4ccncc4c3=O)oc12. The van der Waals surface area contributed by atoms with Gasteiger partial charge in [-0.05, 0) is 42.1 Å². The number of furan rings is 1. The van der Waals surface area contributed by atoms with E-state index in [1.165, 1.54) is 19.5 Å². The minimum atomic E-state index is -0.592. The lowest BCUT2D eigenvalue weighted by Gasteiger charge is -2.07. The van der Waals surface area contributed by atoms with Crippen LogP contribution in [-0.2, 0) is 11.3 Å². The van der Waals surface area contributed by atoms with Crippen LogP contribution in [0.3, 0.4) is 0 Å². The number of rotatable bonds is 3. The molecule has 1 amide bonds. The number of nitrogens with one attached hydrogen (secondary N) is 1. The van der Waals surface area contributed by atoms with Crippen molar-refractivity contribution < 1.29 is 18.7 Å². The molecule has 4 aromatic rings. The molecule has 0 aliphatic carbocycles. The first-order valence-electron chi connectivity index (χ1n) is 8.83. The molecule has 0 aliphatic rings. The number of hydrogen-bond donors (Lipinski definition) is 1. The van der Waals surface area contributed by atoms with E-state index in [4.69, 9.17) is 9.15 Å². The Morgan fingerprint density at radius 3 is 2.83 bits per heavy atom. The van der Waals surface area contributed by atoms with E-state index in [0.717, 1.165) is 15.5 Å². The average Bonchev–Trinajstić information content (AvgIpc) is 3.17. The molecule has 0 unspecified atom stereocenters. The molecule has 0 saturated carbocycles. The summed E-state index contributed by atoms with van der Waals surface area (Å²) in [6, 6.07) is 7.98. The lowest BCUT2D eigenvalue weighted by molar-refractivity contribution is 0.0601. The average molecular weight is 391 g/mol. The van der Waals surface area contributed by atoms with Gasteiger partial charge in [-0.15, -0.1) is 0 Å². The van der Waals surface area contributed by atoms with Crippen LogP contribution in [0.5, 0.6) is 0 Å². The molecule has 0 aliphatic heterocycles. The van der Waals surface area contributed by atoms with Crippen LogP contribution in [0.2, 0.25) is 0 Å². The summed E-state index contributed by atoms with van der Waals surface area (Å²) in [5, 5.41) is 4.47. The Labute approximate surface area is 164 Å². The molecule has 4 rings (SSSR count). The van der Waals surface area contributed by atoms with Gasteiger partial charge in [0.05, 0.1) is 19.0 Å². The van der Waals surface area contributed by atoms with Crippen LogP contribution < -0.4 is 10.9 Å². The number of aryl methyl sites for hydroxylation is 1. The molecule has 0 radical (unpaired) electrons. The van der Waals surface area contributed by atoms with Gasteiger partial charge in [-0.3, -0.25) is 9.78 Å². The Morgan fingerprint density at radius 2 is 2.03 bits per heavy atom. The summed E-state index contributed by atoms with van der Waals surface area (Å²) in [5.41, 5.74) is 1.17. The molecule has 3 heterocycles. The first kappa shape index (κ1) is 18.4. The highest BCUT2D eigenvalue weighted by Crippen LogP contribution is 2.27. The minimum Gasteiger partial charge on any atom is -0.465 e. The molecule has 0 fully saturated rings. The van der Waals surface area contributed by atoms with Crippen LogP contribution in [0.1, 0.15) is 21.7 Å². The van der Waals surface area contributed by atoms with Crippen LogP contribution in [-0.4, -0.2) is 28.7 Å². The molecule has 146 valence electrons. The molecular formula is C21H17N3O5. The summed E-state index contributed by atoms with van der Waals surface area (Å²) in [7, 11) is 1.30. The lowest BCUT2D eigenvalue weighted by Crippen LogP contribution is -2.35. The summed E-state index contributed by atoms with van der Waals surface area (Å²) in [5.74, 6) is -0.0560. The van der Waals surface area contributed by atoms with Gasteiger partial charge >= 0.3 is 12.0 Å². The highest BCUT2D eigenvalue weighted by molar-refractivity contribution is 6.03. The molecule has 1 N–H and O–H groups in total. The molecule has 29 heavy (non-hydrogen) atoms. The van der Waals surface area contributed by atoms with Crippen molar-refractivity contribution >= 4 is 33.7 Å². The van der Waals surface area contributed by atoms with E-state index in [1.807, 2.05) is 6.92 Å². The summed E-state index contributed by atoms with van der Waals surface area (Å²) in [6.45, 7) is 1.94. The number of ether oxygens (including phenoxy) is 1. The first-order chi connectivity index (χ1) is 14.0. The highest BCUT2D eigenvalue weighted by atomic mass is 16.5. The quantitative estimate of drug-likeness (QED) is 0.539. The topological polar surface area (TPSA) is 103 Å². The fourth-order valence-electron chi connectivity index (χ4n) is 3.16. The normalized spacial score (nSPS) is 11.0. The van der Waals surface area contributed by atoms with Crippen molar-refractivity contribution in [2.45, 2.75) is 13.5 Å². The van der Waals surface area contributed by atoms with Crippen LogP contribution >= 0.6 is 0 Å². The second kappa shape index (κ2) is 7.23. The Hall–Kier alpha value is -3.94. The molecule has 8 nitrogen and oxygen atoms in total. The van der Waals surface area contributed by atoms with Crippen LogP contribution in [0.15, 0.2) is 58.1 Å². The number of pyridine rings is 2. The van der Waals surface area contributed by atoms with Gasteiger partial charge in [0.15, 0.2) is 0 Å². The molecule has 0 saturated heterocycles. The van der Waals surface area contributed by atoms with E-state index >= 15 is 0 Å². The van der Waals surface area contributed by atoms with E-state index in [9.17, 15) is 14.4 Å². The molecule has 8 heteroatoms. The maximum atomic E-state index is 12.5. The largest absolute Gasteiger partial charge is 0.465 e. The smallest absolute Gasteiger partial charge is 0.341 e. The van der Waals surface area contributed by atoms with Gasteiger partial charge in [-0.2, -0.15) is 0 Å². The van der Waals surface area contributed by atoms with Crippen molar-refractivity contribution in [1.82, 2.24) is 14.9 Å². The lowest BCUT2D eigenvalue weighted by atomic mass is 10.1. The van der Waals surface area contributed by atoms with Gasteiger partial charge in [0, 0.05) is 24.0 Å². The maximum absolute atomic E-state index is 12.5. The fraction of sp³-hybridized carbons (Fsp3) is 0.143. The van der Waals surface area contributed by atoms with Crippen molar-refractivity contribution in [2.24, 2.45) is 0 Å². The van der Waals surface area contributed by atoms with Crippen LogP contribution in [0.4, 0.5) is 4.79 Å². The third kappa shape index (κ3) is 3.25. The van der Waals surface area contributed by atoms with Gasteiger partial charge in [0.1, 0.15) is 16.9 Å². The zero-order valence-electron chi connectivity index (χ0n) is 15.8. The zero-order valence-corrected chi connectivity index (χ0v) is 15.8. The van der Waals surface area contributed by atoms with Crippen LogP contribution in [0.25, 0.3) is 21.7 Å². The maximum Gasteiger partial charge on any atom is 0.341 e. The van der Waals surface area contributed by atoms with Gasteiger partial charge in [0.2, 0.25) is 0 Å². The van der Waals surface area contributed by atoms with Gasteiger partial charge < -0.3 is 14.5 Å². The standard InChI is InChI=1S/C21H17N3O5/c1-12-3-4-15(20(26)28-2)18-16(12)9-14(29-18)10-23-21(27)24-8-6-13-5-7-22-11-17(13)19(24)25/h3-9,11H,10H2,1-2H3,(H,23,27). The molecule has 3 aromatic heterocycles. The third-order valence-corrected chi connectivity index (χ3v) is 4.70. The van der Waals surface area contributed by atoms with Gasteiger partial charge in [-0.25, -0.2) is 14.2 Å². The first-order valence-corrected chi connectivity index (χ1v) is 8.83. The van der Waals surface area contributed by atoms with Crippen molar-refractivity contribution in [3.63, 3.8) is 0 Å². The van der Waals surface area contributed by atoms with E-state index in [-0.39, 0.29) is 6.54 Å². The van der Waals surface area contributed by atoms with E-state index in [2.05, 4.69) is 10.3 Å². The number of fused-ring (bicyclic) bond motifs is 2. The Balaban J connectivity index is 1.61. The van der Waals surface area contributed by atoms with Crippen molar-refractivity contribution in [1.29, 1.82) is 0 Å². The van der Waals surface area contributed by atoms with Crippen LogP contribution in [0, 0.1) is 6.92 Å². The van der Waals surface area contributed by atoms with E-state index in [1.54, 1.807) is 36.5 Å². The summed E-state index contributed by atoms with van der Waals surface area (Å²) >= 11 is 0. The van der Waals surface area contributed by atoms with E-state index < -0.39 is 17.6 Å². The van der Waals surface area contributed by atoms with Gasteiger partial charge in [-0.1, -0.05) is 6.07 Å².